The highest BCUT2D eigenvalue weighted by Crippen LogP contribution is 2.37. The number of pyridine rings is 1. The van der Waals surface area contributed by atoms with Gasteiger partial charge in [0.1, 0.15) is 6.10 Å². The Kier molecular flexibility index (Phi) is 3.97. The van der Waals surface area contributed by atoms with Gasteiger partial charge in [0.25, 0.3) is 0 Å². The fraction of sp³-hybridized carbons (Fsp3) is 0.312. The van der Waals surface area contributed by atoms with Crippen LogP contribution < -0.4 is 0 Å². The van der Waals surface area contributed by atoms with Gasteiger partial charge in [-0.15, -0.1) is 0 Å². The summed E-state index contributed by atoms with van der Waals surface area (Å²) in [4.78, 5) is 4.15. The topological polar surface area (TPSA) is 33.1 Å². The van der Waals surface area contributed by atoms with Crippen molar-refractivity contribution in [3.8, 4) is 0 Å². The van der Waals surface area contributed by atoms with Crippen LogP contribution in [0, 0.1) is 0 Å². The summed E-state index contributed by atoms with van der Waals surface area (Å²) in [5.41, 5.74) is 2.56. The highest BCUT2D eigenvalue weighted by Gasteiger charge is 2.21. The van der Waals surface area contributed by atoms with Crippen molar-refractivity contribution < 1.29 is 5.11 Å². The molecule has 104 valence electrons. The second-order valence-electron chi connectivity index (χ2n) is 5.22. The fourth-order valence-corrected chi connectivity index (χ4v) is 2.99. The summed E-state index contributed by atoms with van der Waals surface area (Å²) >= 11 is 11.9. The molecule has 0 aliphatic heterocycles. The van der Waals surface area contributed by atoms with Gasteiger partial charge in [0, 0.05) is 6.20 Å². The van der Waals surface area contributed by atoms with Crippen LogP contribution in [0.5, 0.6) is 0 Å². The van der Waals surface area contributed by atoms with E-state index in [9.17, 15) is 5.11 Å². The Morgan fingerprint density at radius 3 is 2.65 bits per heavy atom. The lowest BCUT2D eigenvalue weighted by Crippen LogP contribution is -2.10. The lowest BCUT2D eigenvalue weighted by Gasteiger charge is -2.26. The van der Waals surface area contributed by atoms with E-state index in [4.69, 9.17) is 23.2 Å². The van der Waals surface area contributed by atoms with E-state index in [2.05, 4.69) is 17.1 Å². The zero-order valence-corrected chi connectivity index (χ0v) is 12.4. The van der Waals surface area contributed by atoms with Crippen LogP contribution in [0.1, 0.15) is 48.1 Å². The van der Waals surface area contributed by atoms with Crippen LogP contribution in [0.15, 0.2) is 36.5 Å². The third kappa shape index (κ3) is 2.69. The van der Waals surface area contributed by atoms with Crippen LogP contribution >= 0.6 is 23.2 Å². The number of hydrogen-bond donors (Lipinski definition) is 1. The molecule has 2 nitrogen and oxygen atoms in total. The van der Waals surface area contributed by atoms with E-state index >= 15 is 0 Å². The van der Waals surface area contributed by atoms with Crippen molar-refractivity contribution in [2.45, 2.75) is 31.3 Å². The smallest absolute Gasteiger partial charge is 0.122 e. The van der Waals surface area contributed by atoms with Gasteiger partial charge in [-0.1, -0.05) is 53.9 Å². The number of rotatable bonds is 3. The Labute approximate surface area is 128 Å². The molecule has 1 aromatic carbocycles. The Morgan fingerprint density at radius 2 is 2.00 bits per heavy atom. The van der Waals surface area contributed by atoms with Gasteiger partial charge in [0.15, 0.2) is 0 Å². The first-order chi connectivity index (χ1) is 9.65. The maximum atomic E-state index is 10.5. The van der Waals surface area contributed by atoms with Crippen molar-refractivity contribution in [1.82, 2.24) is 4.98 Å². The summed E-state index contributed by atoms with van der Waals surface area (Å²) in [6, 6.07) is 9.66. The zero-order chi connectivity index (χ0) is 14.1. The van der Waals surface area contributed by atoms with Gasteiger partial charge in [0.05, 0.1) is 15.7 Å². The molecule has 1 heterocycles. The maximum Gasteiger partial charge on any atom is 0.122 e. The molecule has 0 radical (unpaired) electrons. The molecular weight excluding hydrogens is 293 g/mol. The number of nitrogens with zero attached hydrogens (tertiary/aromatic N) is 1. The Balaban J connectivity index is 1.91. The number of aliphatic hydroxyl groups is 1. The van der Waals surface area contributed by atoms with Crippen LogP contribution in [0.25, 0.3) is 0 Å². The first-order valence-electron chi connectivity index (χ1n) is 6.74. The quantitative estimate of drug-likeness (QED) is 0.888. The summed E-state index contributed by atoms with van der Waals surface area (Å²) in [6.07, 6.45) is 4.45. The molecule has 1 unspecified atom stereocenters. The SMILES string of the molecule is OC(c1cccc(C2CCC2)c1)c1ncc(Cl)cc1Cl. The minimum absolute atomic E-state index is 0.388. The molecule has 4 heteroatoms. The lowest BCUT2D eigenvalue weighted by atomic mass is 9.79. The van der Waals surface area contributed by atoms with Gasteiger partial charge in [-0.3, -0.25) is 4.98 Å². The van der Waals surface area contributed by atoms with E-state index in [-0.39, 0.29) is 0 Å². The lowest BCUT2D eigenvalue weighted by molar-refractivity contribution is 0.215. The summed E-state index contributed by atoms with van der Waals surface area (Å²) < 4.78 is 0. The summed E-state index contributed by atoms with van der Waals surface area (Å²) in [6.45, 7) is 0. The number of benzene rings is 1. The van der Waals surface area contributed by atoms with E-state index < -0.39 is 6.10 Å². The van der Waals surface area contributed by atoms with Gasteiger partial charge in [-0.05, 0) is 36.0 Å². The number of hydrogen-bond acceptors (Lipinski definition) is 2. The molecule has 1 fully saturated rings. The third-order valence-electron chi connectivity index (χ3n) is 3.90. The predicted octanol–water partition coefficient (Wildman–Crippen LogP) is 4.74. The molecule has 0 bridgehead atoms. The van der Waals surface area contributed by atoms with Gasteiger partial charge in [0.2, 0.25) is 0 Å². The van der Waals surface area contributed by atoms with Crippen LogP contribution in [0.2, 0.25) is 10.0 Å². The van der Waals surface area contributed by atoms with Crippen molar-refractivity contribution in [2.75, 3.05) is 0 Å². The molecule has 1 aromatic heterocycles. The maximum absolute atomic E-state index is 10.5. The molecule has 3 rings (SSSR count). The Morgan fingerprint density at radius 1 is 1.20 bits per heavy atom. The van der Waals surface area contributed by atoms with Gasteiger partial charge < -0.3 is 5.11 Å². The average molecular weight is 308 g/mol. The normalized spacial score (nSPS) is 16.8. The average Bonchev–Trinajstić information content (AvgIpc) is 2.36. The highest BCUT2D eigenvalue weighted by molar-refractivity contribution is 6.34. The Hall–Kier alpha value is -1.09. The van der Waals surface area contributed by atoms with Crippen molar-refractivity contribution in [3.05, 3.63) is 63.4 Å². The van der Waals surface area contributed by atoms with Crippen molar-refractivity contribution in [1.29, 1.82) is 0 Å². The molecule has 20 heavy (non-hydrogen) atoms. The van der Waals surface area contributed by atoms with Crippen LogP contribution in [0.4, 0.5) is 0 Å². The Bertz CT molecular complexity index is 626. The van der Waals surface area contributed by atoms with E-state index in [0.29, 0.717) is 21.7 Å². The molecule has 1 aliphatic carbocycles. The largest absolute Gasteiger partial charge is 0.382 e. The zero-order valence-electron chi connectivity index (χ0n) is 10.9. The minimum atomic E-state index is -0.820. The predicted molar refractivity (Wildman–Crippen MR) is 81.4 cm³/mol. The van der Waals surface area contributed by atoms with Gasteiger partial charge >= 0.3 is 0 Å². The second-order valence-corrected chi connectivity index (χ2v) is 6.06. The molecule has 2 aromatic rings. The molecule has 0 spiro atoms. The number of aliphatic hydroxyl groups excluding tert-OH is 1. The fourth-order valence-electron chi connectivity index (χ4n) is 2.51. The molecule has 0 saturated heterocycles. The third-order valence-corrected chi connectivity index (χ3v) is 4.41. The van der Waals surface area contributed by atoms with E-state index in [1.807, 2.05) is 12.1 Å². The second kappa shape index (κ2) is 5.72. The van der Waals surface area contributed by atoms with Gasteiger partial charge in [-0.25, -0.2) is 0 Å². The van der Waals surface area contributed by atoms with Crippen molar-refractivity contribution in [3.63, 3.8) is 0 Å². The van der Waals surface area contributed by atoms with Crippen molar-refractivity contribution in [2.24, 2.45) is 0 Å². The number of aromatic nitrogens is 1. The van der Waals surface area contributed by atoms with E-state index in [1.165, 1.54) is 31.0 Å². The molecule has 0 amide bonds. The van der Waals surface area contributed by atoms with Crippen molar-refractivity contribution >= 4 is 23.2 Å². The van der Waals surface area contributed by atoms with Crippen LogP contribution in [0.3, 0.4) is 0 Å². The molecule has 1 atom stereocenters. The van der Waals surface area contributed by atoms with E-state index in [1.54, 1.807) is 6.07 Å². The first kappa shape index (κ1) is 13.9. The molecule has 1 aliphatic rings. The summed E-state index contributed by atoms with van der Waals surface area (Å²) in [7, 11) is 0. The van der Waals surface area contributed by atoms with Gasteiger partial charge in [-0.2, -0.15) is 0 Å². The number of halogens is 2. The van der Waals surface area contributed by atoms with Crippen LogP contribution in [-0.2, 0) is 0 Å². The minimum Gasteiger partial charge on any atom is -0.382 e. The standard InChI is InChI=1S/C16H15Cl2NO/c17-13-8-14(18)15(19-9-13)16(20)12-6-2-5-11(7-12)10-3-1-4-10/h2,5-10,16,20H,1,3-4H2. The molecule has 1 N–H and O–H groups in total. The summed E-state index contributed by atoms with van der Waals surface area (Å²) in [5.74, 6) is 0.635. The summed E-state index contributed by atoms with van der Waals surface area (Å²) in [5, 5.41) is 11.3. The monoisotopic (exact) mass is 307 g/mol. The first-order valence-corrected chi connectivity index (χ1v) is 7.49. The molecular formula is C16H15Cl2NO. The van der Waals surface area contributed by atoms with E-state index in [0.717, 1.165) is 5.56 Å². The molecule has 1 saturated carbocycles. The van der Waals surface area contributed by atoms with Crippen LogP contribution in [-0.4, -0.2) is 10.1 Å². The highest BCUT2D eigenvalue weighted by atomic mass is 35.5.